The molecule has 3 aromatic rings. The number of rotatable bonds is 4. The molecule has 2 aliphatic heterocycles. The number of pyridine rings is 1. The SMILES string of the molecule is O=C(Nc1ccncc1)c1ccc(CN2C(=O)[C@@H]3CCCN3Cc3ccccc32)cc1. The quantitative estimate of drug-likeness (QED) is 0.707. The van der Waals surface area contributed by atoms with Gasteiger partial charge in [0.1, 0.15) is 0 Å². The molecule has 31 heavy (non-hydrogen) atoms. The van der Waals surface area contributed by atoms with Gasteiger partial charge >= 0.3 is 0 Å². The number of hydrogen-bond acceptors (Lipinski definition) is 4. The van der Waals surface area contributed by atoms with Gasteiger partial charge < -0.3 is 10.2 Å². The lowest BCUT2D eigenvalue weighted by Crippen LogP contribution is -2.42. The number of fused-ring (bicyclic) bond motifs is 2. The number of hydrogen-bond donors (Lipinski definition) is 1. The lowest BCUT2D eigenvalue weighted by atomic mass is 10.1. The summed E-state index contributed by atoms with van der Waals surface area (Å²) in [7, 11) is 0. The van der Waals surface area contributed by atoms with Crippen LogP contribution in [0.2, 0.25) is 0 Å². The average Bonchev–Trinajstić information content (AvgIpc) is 3.23. The van der Waals surface area contributed by atoms with Crippen molar-refractivity contribution in [3.63, 3.8) is 0 Å². The molecule has 2 aromatic carbocycles. The molecule has 3 heterocycles. The first-order valence-electron chi connectivity index (χ1n) is 10.6. The van der Waals surface area contributed by atoms with E-state index in [9.17, 15) is 9.59 Å². The Labute approximate surface area is 181 Å². The summed E-state index contributed by atoms with van der Waals surface area (Å²) in [5, 5.41) is 2.86. The van der Waals surface area contributed by atoms with E-state index in [1.165, 1.54) is 5.56 Å². The van der Waals surface area contributed by atoms with Gasteiger partial charge in [0.05, 0.1) is 12.6 Å². The standard InChI is InChI=1S/C25H24N4O2/c30-24(27-21-11-13-26-14-12-21)19-9-7-18(8-10-19)16-29-22-5-2-1-4-20(22)17-28-15-3-6-23(28)25(29)31/h1-2,4-5,7-14,23H,3,6,15-17H2,(H,26,27,30)/t23-/m0/s1. The number of amides is 2. The molecule has 0 saturated carbocycles. The minimum atomic E-state index is -0.171. The molecule has 1 fully saturated rings. The van der Waals surface area contributed by atoms with E-state index in [2.05, 4.69) is 21.3 Å². The molecule has 0 aliphatic carbocycles. The topological polar surface area (TPSA) is 65.5 Å². The van der Waals surface area contributed by atoms with Crippen LogP contribution in [0.1, 0.15) is 34.3 Å². The van der Waals surface area contributed by atoms with Crippen molar-refractivity contribution in [2.45, 2.75) is 32.0 Å². The molecule has 1 N–H and O–H groups in total. The van der Waals surface area contributed by atoms with E-state index in [0.29, 0.717) is 17.8 Å². The van der Waals surface area contributed by atoms with Crippen LogP contribution in [0.5, 0.6) is 0 Å². The Bertz CT molecular complexity index is 1100. The third-order valence-corrected chi connectivity index (χ3v) is 6.07. The molecular formula is C25H24N4O2. The molecule has 156 valence electrons. The summed E-state index contributed by atoms with van der Waals surface area (Å²) >= 11 is 0. The molecule has 1 saturated heterocycles. The van der Waals surface area contributed by atoms with Crippen LogP contribution in [0.3, 0.4) is 0 Å². The number of nitrogens with zero attached hydrogens (tertiary/aromatic N) is 3. The lowest BCUT2D eigenvalue weighted by Gasteiger charge is -2.26. The highest BCUT2D eigenvalue weighted by Crippen LogP contribution is 2.33. The van der Waals surface area contributed by atoms with E-state index in [1.54, 1.807) is 24.5 Å². The number of carbonyl (C=O) groups excluding carboxylic acids is 2. The van der Waals surface area contributed by atoms with Gasteiger partial charge in [-0.25, -0.2) is 0 Å². The maximum absolute atomic E-state index is 13.4. The Hall–Kier alpha value is -3.51. The highest BCUT2D eigenvalue weighted by molar-refractivity contribution is 6.04. The summed E-state index contributed by atoms with van der Waals surface area (Å²) in [5.41, 5.74) is 4.45. The van der Waals surface area contributed by atoms with Crippen LogP contribution < -0.4 is 10.2 Å². The number of nitrogens with one attached hydrogen (secondary N) is 1. The summed E-state index contributed by atoms with van der Waals surface area (Å²) < 4.78 is 0. The first-order chi connectivity index (χ1) is 15.2. The van der Waals surface area contributed by atoms with Crippen LogP contribution in [0.4, 0.5) is 11.4 Å². The van der Waals surface area contributed by atoms with Gasteiger partial charge in [-0.3, -0.25) is 19.5 Å². The van der Waals surface area contributed by atoms with Crippen LogP contribution in [0, 0.1) is 0 Å². The number of anilines is 2. The fourth-order valence-corrected chi connectivity index (χ4v) is 4.47. The Balaban J connectivity index is 1.36. The minimum absolute atomic E-state index is 0.0437. The second-order valence-electron chi connectivity index (χ2n) is 8.07. The van der Waals surface area contributed by atoms with E-state index >= 15 is 0 Å². The van der Waals surface area contributed by atoms with Crippen LogP contribution in [0.25, 0.3) is 0 Å². The van der Waals surface area contributed by atoms with Crippen molar-refractivity contribution in [2.75, 3.05) is 16.8 Å². The highest BCUT2D eigenvalue weighted by Gasteiger charge is 2.37. The Morgan fingerprint density at radius 3 is 2.61 bits per heavy atom. The maximum Gasteiger partial charge on any atom is 0.255 e. The van der Waals surface area contributed by atoms with E-state index in [0.717, 1.165) is 37.2 Å². The Morgan fingerprint density at radius 2 is 1.81 bits per heavy atom. The normalized spacial score (nSPS) is 18.3. The maximum atomic E-state index is 13.4. The van der Waals surface area contributed by atoms with Crippen LogP contribution in [0.15, 0.2) is 73.1 Å². The summed E-state index contributed by atoms with van der Waals surface area (Å²) in [6.45, 7) is 2.28. The van der Waals surface area contributed by atoms with Gasteiger partial charge in [0.2, 0.25) is 5.91 Å². The van der Waals surface area contributed by atoms with Gasteiger partial charge in [-0.15, -0.1) is 0 Å². The summed E-state index contributed by atoms with van der Waals surface area (Å²) in [5.74, 6) is -0.00232. The minimum Gasteiger partial charge on any atom is -0.322 e. The molecule has 2 aliphatic rings. The van der Waals surface area contributed by atoms with Crippen molar-refractivity contribution < 1.29 is 9.59 Å². The van der Waals surface area contributed by atoms with Crippen molar-refractivity contribution in [1.29, 1.82) is 0 Å². The fourth-order valence-electron chi connectivity index (χ4n) is 4.47. The van der Waals surface area contributed by atoms with Crippen molar-refractivity contribution >= 4 is 23.2 Å². The van der Waals surface area contributed by atoms with Gasteiger partial charge in [0.25, 0.3) is 5.91 Å². The number of para-hydroxylation sites is 1. The van der Waals surface area contributed by atoms with Crippen molar-refractivity contribution in [3.05, 3.63) is 89.7 Å². The monoisotopic (exact) mass is 412 g/mol. The third kappa shape index (κ3) is 3.94. The van der Waals surface area contributed by atoms with Gasteiger partial charge in [0, 0.05) is 35.9 Å². The van der Waals surface area contributed by atoms with Crippen molar-refractivity contribution in [1.82, 2.24) is 9.88 Å². The first-order valence-corrected chi connectivity index (χ1v) is 10.6. The van der Waals surface area contributed by atoms with Gasteiger partial charge in [-0.05, 0) is 60.8 Å². The van der Waals surface area contributed by atoms with E-state index < -0.39 is 0 Å². The van der Waals surface area contributed by atoms with Crippen LogP contribution in [-0.4, -0.2) is 34.3 Å². The molecule has 1 aromatic heterocycles. The van der Waals surface area contributed by atoms with Gasteiger partial charge in [0.15, 0.2) is 0 Å². The summed E-state index contributed by atoms with van der Waals surface area (Å²) in [6.07, 6.45) is 5.26. The van der Waals surface area contributed by atoms with E-state index in [-0.39, 0.29) is 17.9 Å². The van der Waals surface area contributed by atoms with Crippen molar-refractivity contribution in [2.24, 2.45) is 0 Å². The highest BCUT2D eigenvalue weighted by atomic mass is 16.2. The molecular weight excluding hydrogens is 388 g/mol. The smallest absolute Gasteiger partial charge is 0.255 e. The largest absolute Gasteiger partial charge is 0.322 e. The second-order valence-corrected chi connectivity index (χ2v) is 8.07. The van der Waals surface area contributed by atoms with E-state index in [1.807, 2.05) is 47.4 Å². The fraction of sp³-hybridized carbons (Fsp3) is 0.240. The lowest BCUT2D eigenvalue weighted by molar-refractivity contribution is -0.122. The summed E-state index contributed by atoms with van der Waals surface area (Å²) in [6, 6.07) is 19.1. The molecule has 0 spiro atoms. The Morgan fingerprint density at radius 1 is 1.03 bits per heavy atom. The van der Waals surface area contributed by atoms with Crippen LogP contribution >= 0.6 is 0 Å². The molecule has 6 heteroatoms. The third-order valence-electron chi connectivity index (χ3n) is 6.07. The first kappa shape index (κ1) is 19.5. The molecule has 5 rings (SSSR count). The number of benzene rings is 2. The molecule has 0 radical (unpaired) electrons. The van der Waals surface area contributed by atoms with Crippen molar-refractivity contribution in [3.8, 4) is 0 Å². The second kappa shape index (κ2) is 8.32. The zero-order valence-electron chi connectivity index (χ0n) is 17.2. The zero-order valence-corrected chi connectivity index (χ0v) is 17.2. The number of aromatic nitrogens is 1. The predicted octanol–water partition coefficient (Wildman–Crippen LogP) is 3.85. The molecule has 0 unspecified atom stereocenters. The van der Waals surface area contributed by atoms with Crippen LogP contribution in [-0.2, 0) is 17.9 Å². The molecule has 1 atom stereocenters. The van der Waals surface area contributed by atoms with Gasteiger partial charge in [-0.1, -0.05) is 30.3 Å². The summed E-state index contributed by atoms with van der Waals surface area (Å²) in [4.78, 5) is 34.1. The predicted molar refractivity (Wildman–Crippen MR) is 120 cm³/mol. The van der Waals surface area contributed by atoms with E-state index in [4.69, 9.17) is 0 Å². The molecule has 2 amide bonds. The molecule has 6 nitrogen and oxygen atoms in total. The number of carbonyl (C=O) groups is 2. The average molecular weight is 412 g/mol. The van der Waals surface area contributed by atoms with Gasteiger partial charge in [-0.2, -0.15) is 0 Å². The zero-order chi connectivity index (χ0) is 21.2. The Kier molecular flexibility index (Phi) is 5.22. The molecule has 0 bridgehead atoms.